The number of anilines is 3. The maximum atomic E-state index is 12.9. The first-order valence-corrected chi connectivity index (χ1v) is 10.8. The lowest BCUT2D eigenvalue weighted by Crippen LogP contribution is -2.40. The fraction of sp³-hybridized carbons (Fsp3) is 0.375. The molecule has 1 amide bonds. The molecule has 0 spiro atoms. The highest BCUT2D eigenvalue weighted by Gasteiger charge is 2.44. The molecular formula is C24H27N7O3. The molecule has 1 atom stereocenters. The van der Waals surface area contributed by atoms with E-state index in [-0.39, 0.29) is 13.2 Å². The maximum absolute atomic E-state index is 12.9. The number of aliphatic hydroxyl groups is 1. The lowest BCUT2D eigenvalue weighted by Gasteiger charge is -2.26. The van der Waals surface area contributed by atoms with E-state index in [2.05, 4.69) is 26.5 Å². The molecule has 4 rings (SSSR count). The number of carbonyl (C=O) groups is 1. The number of nitrogens with one attached hydrogen (secondary N) is 1. The molecule has 0 fully saturated rings. The SMILES string of the molecule is Cn1ccc(Nc2nccc(-c3cc(C#N)c4c(c3)[C@@](C)(CO)CN4C(=O)OC(C)(C)C)n2)n1. The molecular weight excluding hydrogens is 434 g/mol. The summed E-state index contributed by atoms with van der Waals surface area (Å²) in [5.41, 5.74) is 1.24. The Balaban J connectivity index is 1.77. The van der Waals surface area contributed by atoms with Crippen LogP contribution in [0.1, 0.15) is 38.8 Å². The van der Waals surface area contributed by atoms with Crippen molar-refractivity contribution < 1.29 is 14.6 Å². The first kappa shape index (κ1) is 23.2. The van der Waals surface area contributed by atoms with Crippen molar-refractivity contribution in [3.05, 3.63) is 47.8 Å². The van der Waals surface area contributed by atoms with E-state index in [1.807, 2.05) is 20.0 Å². The van der Waals surface area contributed by atoms with Gasteiger partial charge >= 0.3 is 6.09 Å². The van der Waals surface area contributed by atoms with Crippen molar-refractivity contribution in [1.82, 2.24) is 19.7 Å². The molecule has 3 heterocycles. The molecule has 0 unspecified atom stereocenters. The Kier molecular flexibility index (Phi) is 5.75. The normalized spacial score (nSPS) is 17.3. The summed E-state index contributed by atoms with van der Waals surface area (Å²) in [6.45, 7) is 7.20. The van der Waals surface area contributed by atoms with Crippen LogP contribution in [0.5, 0.6) is 0 Å². The van der Waals surface area contributed by atoms with Crippen LogP contribution in [0.2, 0.25) is 0 Å². The van der Waals surface area contributed by atoms with E-state index in [1.165, 1.54) is 4.90 Å². The van der Waals surface area contributed by atoms with Crippen LogP contribution < -0.4 is 10.2 Å². The molecule has 0 radical (unpaired) electrons. The van der Waals surface area contributed by atoms with Crippen LogP contribution in [0.4, 0.5) is 22.2 Å². The monoisotopic (exact) mass is 461 g/mol. The number of ether oxygens (including phenoxy) is 1. The number of hydrogen-bond donors (Lipinski definition) is 2. The molecule has 10 heteroatoms. The van der Waals surface area contributed by atoms with Gasteiger partial charge in [-0.25, -0.2) is 14.8 Å². The summed E-state index contributed by atoms with van der Waals surface area (Å²) in [4.78, 5) is 23.2. The van der Waals surface area contributed by atoms with Gasteiger partial charge in [0.25, 0.3) is 0 Å². The predicted molar refractivity (Wildman–Crippen MR) is 127 cm³/mol. The number of hydrogen-bond acceptors (Lipinski definition) is 8. The zero-order valence-electron chi connectivity index (χ0n) is 19.8. The van der Waals surface area contributed by atoms with E-state index in [0.717, 1.165) is 0 Å². The van der Waals surface area contributed by atoms with Crippen LogP contribution >= 0.6 is 0 Å². The minimum absolute atomic E-state index is 0.197. The lowest BCUT2D eigenvalue weighted by atomic mass is 9.83. The van der Waals surface area contributed by atoms with E-state index in [9.17, 15) is 15.2 Å². The topological polar surface area (TPSA) is 129 Å². The average molecular weight is 462 g/mol. The minimum Gasteiger partial charge on any atom is -0.443 e. The molecule has 176 valence electrons. The van der Waals surface area contributed by atoms with Crippen molar-refractivity contribution in [2.75, 3.05) is 23.4 Å². The summed E-state index contributed by atoms with van der Waals surface area (Å²) in [7, 11) is 1.81. The molecule has 2 aromatic heterocycles. The zero-order chi connectivity index (χ0) is 24.7. The van der Waals surface area contributed by atoms with Gasteiger partial charge in [-0.05, 0) is 44.5 Å². The zero-order valence-corrected chi connectivity index (χ0v) is 19.8. The van der Waals surface area contributed by atoms with E-state index >= 15 is 0 Å². The standard InChI is InChI=1S/C24H27N7O3/c1-23(2,3)34-22(33)31-13-24(4,14-32)17-11-15(10-16(12-25)20(17)31)18-6-8-26-21(27-18)28-19-7-9-30(5)29-19/h6-11,32H,13-14H2,1-5H3,(H,26,27,28,29)/t24-/m1/s1. The molecule has 2 N–H and O–H groups in total. The van der Waals surface area contributed by atoms with Crippen LogP contribution in [0.15, 0.2) is 36.7 Å². The van der Waals surface area contributed by atoms with Crippen molar-refractivity contribution >= 4 is 23.5 Å². The summed E-state index contributed by atoms with van der Waals surface area (Å²) >= 11 is 0. The Labute approximate surface area is 197 Å². The Morgan fingerprint density at radius 2 is 2.12 bits per heavy atom. The summed E-state index contributed by atoms with van der Waals surface area (Å²) in [6.07, 6.45) is 2.86. The summed E-state index contributed by atoms with van der Waals surface area (Å²) in [5.74, 6) is 0.961. The first-order chi connectivity index (χ1) is 16.0. The van der Waals surface area contributed by atoms with Gasteiger partial charge in [-0.3, -0.25) is 9.58 Å². The van der Waals surface area contributed by atoms with Gasteiger partial charge in [-0.1, -0.05) is 6.92 Å². The third kappa shape index (κ3) is 4.43. The minimum atomic E-state index is -0.768. The highest BCUT2D eigenvalue weighted by atomic mass is 16.6. The van der Waals surface area contributed by atoms with Gasteiger partial charge in [-0.15, -0.1) is 0 Å². The van der Waals surface area contributed by atoms with Crippen LogP contribution in [0, 0.1) is 11.3 Å². The fourth-order valence-electron chi connectivity index (χ4n) is 3.92. The van der Waals surface area contributed by atoms with E-state index in [0.29, 0.717) is 39.8 Å². The van der Waals surface area contributed by atoms with Crippen LogP contribution in [0.3, 0.4) is 0 Å². The second-order valence-electron chi connectivity index (χ2n) is 9.58. The second-order valence-corrected chi connectivity index (χ2v) is 9.58. The van der Waals surface area contributed by atoms with Crippen LogP contribution in [0.25, 0.3) is 11.3 Å². The van der Waals surface area contributed by atoms with Gasteiger partial charge in [0.1, 0.15) is 11.7 Å². The highest BCUT2D eigenvalue weighted by molar-refractivity contribution is 5.95. The molecule has 0 aliphatic carbocycles. The molecule has 3 aromatic rings. The number of aromatic nitrogens is 4. The Hall–Kier alpha value is -3.97. The van der Waals surface area contributed by atoms with E-state index in [1.54, 1.807) is 56.0 Å². The van der Waals surface area contributed by atoms with E-state index < -0.39 is 17.1 Å². The molecule has 34 heavy (non-hydrogen) atoms. The number of nitriles is 1. The van der Waals surface area contributed by atoms with Crippen molar-refractivity contribution in [2.45, 2.75) is 38.7 Å². The van der Waals surface area contributed by atoms with Crippen molar-refractivity contribution in [3.63, 3.8) is 0 Å². The molecule has 10 nitrogen and oxygen atoms in total. The van der Waals surface area contributed by atoms with Gasteiger partial charge in [0.15, 0.2) is 5.82 Å². The Morgan fingerprint density at radius 3 is 2.74 bits per heavy atom. The molecule has 1 aliphatic heterocycles. The quantitative estimate of drug-likeness (QED) is 0.604. The van der Waals surface area contributed by atoms with Gasteiger partial charge in [0.2, 0.25) is 5.95 Å². The van der Waals surface area contributed by atoms with Crippen molar-refractivity contribution in [3.8, 4) is 17.3 Å². The van der Waals surface area contributed by atoms with Gasteiger partial charge in [0.05, 0.1) is 23.6 Å². The van der Waals surface area contributed by atoms with Crippen molar-refractivity contribution in [2.24, 2.45) is 7.05 Å². The number of aliphatic hydroxyl groups excluding tert-OH is 1. The Morgan fingerprint density at radius 1 is 1.35 bits per heavy atom. The van der Waals surface area contributed by atoms with Crippen molar-refractivity contribution in [1.29, 1.82) is 5.26 Å². The fourth-order valence-corrected chi connectivity index (χ4v) is 3.92. The number of fused-ring (bicyclic) bond motifs is 1. The summed E-state index contributed by atoms with van der Waals surface area (Å²) < 4.78 is 7.23. The maximum Gasteiger partial charge on any atom is 0.414 e. The second kappa shape index (κ2) is 8.43. The molecule has 1 aliphatic rings. The Bertz CT molecular complexity index is 1290. The molecule has 0 saturated carbocycles. The number of amides is 1. The summed E-state index contributed by atoms with van der Waals surface area (Å²) in [5, 5.41) is 27.5. The largest absolute Gasteiger partial charge is 0.443 e. The number of benzene rings is 1. The van der Waals surface area contributed by atoms with Gasteiger partial charge < -0.3 is 15.2 Å². The molecule has 0 bridgehead atoms. The molecule has 0 saturated heterocycles. The number of nitrogens with zero attached hydrogens (tertiary/aromatic N) is 6. The van der Waals surface area contributed by atoms with Crippen LogP contribution in [-0.4, -0.2) is 49.7 Å². The van der Waals surface area contributed by atoms with Crippen LogP contribution in [-0.2, 0) is 17.2 Å². The molecule has 1 aromatic carbocycles. The average Bonchev–Trinajstić information content (AvgIpc) is 3.33. The lowest BCUT2D eigenvalue weighted by molar-refractivity contribution is 0.0575. The van der Waals surface area contributed by atoms with E-state index in [4.69, 9.17) is 4.74 Å². The predicted octanol–water partition coefficient (Wildman–Crippen LogP) is 3.50. The number of aryl methyl sites for hydroxylation is 1. The number of rotatable bonds is 4. The third-order valence-electron chi connectivity index (χ3n) is 5.53. The first-order valence-electron chi connectivity index (χ1n) is 10.8. The summed E-state index contributed by atoms with van der Waals surface area (Å²) in [6, 6.07) is 9.29. The smallest absolute Gasteiger partial charge is 0.414 e. The number of carbonyl (C=O) groups excluding carboxylic acids is 1. The highest BCUT2D eigenvalue weighted by Crippen LogP contribution is 2.45. The van der Waals surface area contributed by atoms with Gasteiger partial charge in [-0.2, -0.15) is 10.4 Å². The third-order valence-corrected chi connectivity index (χ3v) is 5.53. The van der Waals surface area contributed by atoms with Gasteiger partial charge in [0, 0.05) is 43.0 Å².